The monoisotopic (exact) mass is 442 g/mol. The average Bonchev–Trinajstić information content (AvgIpc) is 2.47. The molecule has 1 heterocycles. The highest BCUT2D eigenvalue weighted by atomic mass is 28.5. The van der Waals surface area contributed by atoms with Crippen molar-refractivity contribution in [1.29, 1.82) is 0 Å². The summed E-state index contributed by atoms with van der Waals surface area (Å²) in [4.78, 5) is 0. The lowest BCUT2D eigenvalue weighted by molar-refractivity contribution is -0.301. The van der Waals surface area contributed by atoms with Gasteiger partial charge in [0.05, 0.1) is 6.61 Å². The van der Waals surface area contributed by atoms with Crippen LogP contribution in [0.15, 0.2) is 0 Å². The van der Waals surface area contributed by atoms with Crippen LogP contribution < -0.4 is 0 Å². The minimum Gasteiger partial charge on any atom is -0.437 e. The second-order valence-corrected chi connectivity index (χ2v) is 21.8. The van der Waals surface area contributed by atoms with E-state index in [2.05, 4.69) is 45.8 Å². The quantitative estimate of drug-likeness (QED) is 0.292. The van der Waals surface area contributed by atoms with Gasteiger partial charge in [-0.1, -0.05) is 0 Å². The molecule has 4 N–H and O–H groups in total. The van der Waals surface area contributed by atoms with Gasteiger partial charge in [-0.05, 0) is 58.3 Å². The van der Waals surface area contributed by atoms with Gasteiger partial charge in [-0.25, -0.2) is 0 Å². The Morgan fingerprint density at radius 1 is 0.852 bits per heavy atom. The predicted octanol–water partition coefficient (Wildman–Crippen LogP) is 0.968. The second-order valence-electron chi connectivity index (χ2n) is 9.15. The van der Waals surface area contributed by atoms with E-state index in [1.165, 1.54) is 0 Å². The van der Waals surface area contributed by atoms with Gasteiger partial charge in [0.15, 0.2) is 22.9 Å². The fourth-order valence-corrected chi connectivity index (χ4v) is 16.5. The van der Waals surface area contributed by atoms with Crippen molar-refractivity contribution in [2.24, 2.45) is 0 Å². The Morgan fingerprint density at radius 2 is 1.44 bits per heavy atom. The Labute approximate surface area is 165 Å². The van der Waals surface area contributed by atoms with Crippen molar-refractivity contribution >= 4 is 25.2 Å². The Kier molecular flexibility index (Phi) is 9.29. The van der Waals surface area contributed by atoms with Gasteiger partial charge in [-0.15, -0.1) is 0 Å². The summed E-state index contributed by atoms with van der Waals surface area (Å²) in [5.74, 6) is 0. The molecule has 0 bridgehead atoms. The SMILES string of the molecule is C[Si](C)(C)O[Si](C)(C)O[Si](C)(C)CCCO[C@@H]1O[C@H](CO)[C@@H](O)[C@H](O)[C@H]1O. The van der Waals surface area contributed by atoms with E-state index in [1.54, 1.807) is 0 Å². The standard InChI is InChI=1S/C16H38O8Si3/c1-25(2,3)23-27(6,7)24-26(4,5)10-8-9-21-16-15(20)14(19)13(18)12(11-17)22-16/h12-20H,8-11H2,1-7H3/t12-,13-,14+,15-,16-/m1/s1. The van der Waals surface area contributed by atoms with Crippen LogP contribution in [0.3, 0.4) is 0 Å². The lowest BCUT2D eigenvalue weighted by Gasteiger charge is -2.40. The summed E-state index contributed by atoms with van der Waals surface area (Å²) in [6.45, 7) is 14.8. The van der Waals surface area contributed by atoms with Gasteiger partial charge in [0, 0.05) is 6.61 Å². The number of rotatable bonds is 10. The topological polar surface area (TPSA) is 118 Å². The van der Waals surface area contributed by atoms with Crippen LogP contribution in [0.4, 0.5) is 0 Å². The summed E-state index contributed by atoms with van der Waals surface area (Å²) >= 11 is 0. The fraction of sp³-hybridized carbons (Fsp3) is 1.00. The molecule has 0 aromatic rings. The molecule has 0 radical (unpaired) electrons. The summed E-state index contributed by atoms with van der Waals surface area (Å²) in [6, 6.07) is 0.857. The van der Waals surface area contributed by atoms with Crippen LogP contribution >= 0.6 is 0 Å². The van der Waals surface area contributed by atoms with E-state index < -0.39 is 62.5 Å². The molecule has 162 valence electrons. The van der Waals surface area contributed by atoms with Crippen LogP contribution in [0.5, 0.6) is 0 Å². The molecule has 1 aliphatic heterocycles. The molecular formula is C16H38O8Si3. The van der Waals surface area contributed by atoms with E-state index in [0.717, 1.165) is 6.04 Å². The zero-order chi connectivity index (χ0) is 21.0. The molecule has 1 fully saturated rings. The van der Waals surface area contributed by atoms with Crippen LogP contribution in [0.25, 0.3) is 0 Å². The fourth-order valence-electron chi connectivity index (χ4n) is 3.38. The van der Waals surface area contributed by atoms with Gasteiger partial charge >= 0.3 is 8.56 Å². The zero-order valence-corrected chi connectivity index (χ0v) is 20.6. The molecule has 1 rings (SSSR count). The normalized spacial score (nSPS) is 30.6. The lowest BCUT2D eigenvalue weighted by atomic mass is 9.99. The highest BCUT2D eigenvalue weighted by Gasteiger charge is 2.44. The van der Waals surface area contributed by atoms with E-state index >= 15 is 0 Å². The van der Waals surface area contributed by atoms with Crippen molar-refractivity contribution in [1.82, 2.24) is 0 Å². The molecule has 0 unspecified atom stereocenters. The zero-order valence-electron chi connectivity index (χ0n) is 17.6. The molecule has 1 saturated heterocycles. The van der Waals surface area contributed by atoms with Crippen molar-refractivity contribution in [3.63, 3.8) is 0 Å². The van der Waals surface area contributed by atoms with Crippen LogP contribution in [-0.4, -0.2) is 89.5 Å². The van der Waals surface area contributed by atoms with Crippen LogP contribution in [0.2, 0.25) is 51.9 Å². The van der Waals surface area contributed by atoms with Crippen molar-refractivity contribution in [2.75, 3.05) is 13.2 Å². The lowest BCUT2D eigenvalue weighted by Crippen LogP contribution is -2.59. The molecule has 5 atom stereocenters. The smallest absolute Gasteiger partial charge is 0.311 e. The van der Waals surface area contributed by atoms with Crippen molar-refractivity contribution in [3.8, 4) is 0 Å². The predicted molar refractivity (Wildman–Crippen MR) is 110 cm³/mol. The third-order valence-electron chi connectivity index (χ3n) is 4.13. The average molecular weight is 443 g/mol. The summed E-state index contributed by atoms with van der Waals surface area (Å²) in [7, 11) is -5.78. The molecule has 0 saturated carbocycles. The van der Waals surface area contributed by atoms with Gasteiger partial charge in [0.1, 0.15) is 24.4 Å². The van der Waals surface area contributed by atoms with E-state index in [4.69, 9.17) is 17.7 Å². The first-order chi connectivity index (χ1) is 12.2. The minimum atomic E-state index is -2.18. The molecule has 0 aliphatic carbocycles. The van der Waals surface area contributed by atoms with E-state index in [9.17, 15) is 20.4 Å². The van der Waals surface area contributed by atoms with Gasteiger partial charge in [-0.2, -0.15) is 0 Å². The van der Waals surface area contributed by atoms with E-state index in [0.29, 0.717) is 13.0 Å². The van der Waals surface area contributed by atoms with Crippen LogP contribution in [0.1, 0.15) is 6.42 Å². The Hall–Kier alpha value is 0.331. The number of aliphatic hydroxyl groups excluding tert-OH is 4. The number of hydrogen-bond donors (Lipinski definition) is 4. The molecule has 0 aromatic heterocycles. The number of ether oxygens (including phenoxy) is 2. The molecule has 0 aromatic carbocycles. The molecule has 0 spiro atoms. The largest absolute Gasteiger partial charge is 0.437 e. The maximum Gasteiger partial charge on any atom is 0.311 e. The molecule has 11 heteroatoms. The summed E-state index contributed by atoms with van der Waals surface area (Å²) in [5, 5.41) is 38.7. The molecule has 8 nitrogen and oxygen atoms in total. The highest BCUT2D eigenvalue weighted by Crippen LogP contribution is 2.25. The first kappa shape index (κ1) is 25.4. The maximum atomic E-state index is 9.98. The van der Waals surface area contributed by atoms with Crippen molar-refractivity contribution < 1.29 is 38.1 Å². The maximum absolute atomic E-state index is 9.98. The van der Waals surface area contributed by atoms with Crippen LogP contribution in [-0.2, 0) is 17.7 Å². The summed E-state index contributed by atoms with van der Waals surface area (Å²) in [5.41, 5.74) is 0. The summed E-state index contributed by atoms with van der Waals surface area (Å²) < 4.78 is 23.6. The van der Waals surface area contributed by atoms with Crippen molar-refractivity contribution in [2.45, 2.75) is 89.0 Å². The molecule has 27 heavy (non-hydrogen) atoms. The second kappa shape index (κ2) is 9.89. The summed E-state index contributed by atoms with van der Waals surface area (Å²) in [6.07, 6.45) is -5.46. The molecule has 1 aliphatic rings. The van der Waals surface area contributed by atoms with E-state index in [1.807, 2.05) is 0 Å². The van der Waals surface area contributed by atoms with Crippen molar-refractivity contribution in [3.05, 3.63) is 0 Å². The molecular weight excluding hydrogens is 404 g/mol. The Balaban J connectivity index is 2.45. The van der Waals surface area contributed by atoms with Gasteiger partial charge < -0.3 is 38.1 Å². The van der Waals surface area contributed by atoms with Gasteiger partial charge in [-0.3, -0.25) is 0 Å². The van der Waals surface area contributed by atoms with E-state index in [-0.39, 0.29) is 0 Å². The molecule has 0 amide bonds. The third-order valence-corrected chi connectivity index (χ3v) is 14.3. The first-order valence-corrected chi connectivity index (χ1v) is 18.8. The first-order valence-electron chi connectivity index (χ1n) is 9.50. The van der Waals surface area contributed by atoms with Crippen LogP contribution in [0, 0.1) is 0 Å². The number of hydrogen-bond acceptors (Lipinski definition) is 8. The Bertz CT molecular complexity index is 455. The minimum absolute atomic E-state index is 0.319. The third kappa shape index (κ3) is 8.70. The van der Waals surface area contributed by atoms with Gasteiger partial charge in [0.2, 0.25) is 0 Å². The Morgan fingerprint density at radius 3 is 1.96 bits per heavy atom. The highest BCUT2D eigenvalue weighted by molar-refractivity contribution is 6.87. The number of aliphatic hydroxyl groups is 4. The van der Waals surface area contributed by atoms with Gasteiger partial charge in [0.25, 0.3) is 0 Å².